The van der Waals surface area contributed by atoms with Crippen molar-refractivity contribution in [3.8, 4) is 0 Å². The van der Waals surface area contributed by atoms with E-state index in [1.807, 2.05) is 6.07 Å². The van der Waals surface area contributed by atoms with E-state index < -0.39 is 0 Å². The molecule has 2 nitrogen and oxygen atoms in total. The Bertz CT molecular complexity index is 355. The fourth-order valence-corrected chi connectivity index (χ4v) is 2.56. The van der Waals surface area contributed by atoms with Gasteiger partial charge < -0.3 is 10.1 Å². The highest BCUT2D eigenvalue weighted by molar-refractivity contribution is 5.23. The van der Waals surface area contributed by atoms with Gasteiger partial charge in [0.15, 0.2) is 0 Å². The monoisotopic (exact) mass is 253 g/mol. The van der Waals surface area contributed by atoms with E-state index in [0.717, 1.165) is 24.9 Å². The van der Waals surface area contributed by atoms with Crippen molar-refractivity contribution < 1.29 is 9.13 Å². The molecule has 18 heavy (non-hydrogen) atoms. The van der Waals surface area contributed by atoms with Crippen LogP contribution in [0.15, 0.2) is 24.3 Å². The van der Waals surface area contributed by atoms with Gasteiger partial charge in [-0.05, 0) is 37.1 Å². The van der Waals surface area contributed by atoms with E-state index in [9.17, 15) is 4.39 Å². The number of rotatable bonds is 7. The Hall–Kier alpha value is -0.930. The Morgan fingerprint density at radius 1 is 1.28 bits per heavy atom. The van der Waals surface area contributed by atoms with E-state index in [4.69, 9.17) is 4.74 Å². The maximum atomic E-state index is 13.4. The van der Waals surface area contributed by atoms with Crippen LogP contribution in [-0.4, -0.2) is 19.3 Å². The predicted octanol–water partition coefficient (Wildman–Crippen LogP) is 3.68. The topological polar surface area (TPSA) is 21.3 Å². The minimum atomic E-state index is -0.288. The van der Waals surface area contributed by atoms with Crippen LogP contribution in [0.4, 0.5) is 4.39 Å². The molecule has 1 unspecified atom stereocenters. The third-order valence-electron chi connectivity index (χ3n) is 3.72. The zero-order valence-corrected chi connectivity index (χ0v) is 11.8. The first-order chi connectivity index (χ1) is 8.63. The molecule has 0 aliphatic heterocycles. The zero-order valence-electron chi connectivity index (χ0n) is 11.8. The molecule has 0 bridgehead atoms. The molecule has 0 saturated heterocycles. The van der Waals surface area contributed by atoms with Crippen LogP contribution in [0.25, 0.3) is 0 Å². The van der Waals surface area contributed by atoms with Gasteiger partial charge in [0.1, 0.15) is 5.82 Å². The number of halogens is 1. The van der Waals surface area contributed by atoms with Crippen molar-refractivity contribution in [2.45, 2.75) is 45.3 Å². The van der Waals surface area contributed by atoms with Crippen LogP contribution in [0.3, 0.4) is 0 Å². The first-order valence-corrected chi connectivity index (χ1v) is 6.67. The Labute approximate surface area is 110 Å². The lowest BCUT2D eigenvalue weighted by Gasteiger charge is -2.39. The van der Waals surface area contributed by atoms with Crippen LogP contribution >= 0.6 is 0 Å². The van der Waals surface area contributed by atoms with Crippen molar-refractivity contribution in [3.05, 3.63) is 35.6 Å². The first-order valence-electron chi connectivity index (χ1n) is 6.67. The van der Waals surface area contributed by atoms with Crippen LogP contribution in [-0.2, 0) is 4.74 Å². The van der Waals surface area contributed by atoms with Gasteiger partial charge in [-0.15, -0.1) is 0 Å². The summed E-state index contributed by atoms with van der Waals surface area (Å²) >= 11 is 0. The third kappa shape index (κ3) is 3.09. The number of hydrogen-bond acceptors (Lipinski definition) is 2. The number of hydrogen-bond donors (Lipinski definition) is 1. The van der Waals surface area contributed by atoms with Gasteiger partial charge >= 0.3 is 0 Å². The molecule has 0 spiro atoms. The van der Waals surface area contributed by atoms with Crippen molar-refractivity contribution >= 4 is 0 Å². The third-order valence-corrected chi connectivity index (χ3v) is 3.72. The fraction of sp³-hybridized carbons (Fsp3) is 0.600. The molecule has 3 heteroatoms. The summed E-state index contributed by atoms with van der Waals surface area (Å²) in [5.74, 6) is -0.201. The molecule has 1 aromatic carbocycles. The molecule has 1 atom stereocenters. The Kier molecular flexibility index (Phi) is 5.76. The summed E-state index contributed by atoms with van der Waals surface area (Å²) in [5, 5.41) is 3.43. The summed E-state index contributed by atoms with van der Waals surface area (Å²) in [5.41, 5.74) is 0.659. The SMILES string of the molecule is CCNC(c1cccc(F)c1)C(CC)(CC)OC. The smallest absolute Gasteiger partial charge is 0.123 e. The van der Waals surface area contributed by atoms with Crippen LogP contribution in [0, 0.1) is 5.82 Å². The summed E-state index contributed by atoms with van der Waals surface area (Å²) < 4.78 is 19.2. The Morgan fingerprint density at radius 3 is 2.39 bits per heavy atom. The molecule has 0 radical (unpaired) electrons. The summed E-state index contributed by atoms with van der Waals surface area (Å²) in [6, 6.07) is 6.78. The van der Waals surface area contributed by atoms with Crippen molar-refractivity contribution in [1.82, 2.24) is 5.32 Å². The highest BCUT2D eigenvalue weighted by Gasteiger charge is 2.36. The van der Waals surface area contributed by atoms with E-state index in [-0.39, 0.29) is 17.5 Å². The van der Waals surface area contributed by atoms with Crippen LogP contribution in [0.2, 0.25) is 0 Å². The van der Waals surface area contributed by atoms with Crippen molar-refractivity contribution in [2.75, 3.05) is 13.7 Å². The lowest BCUT2D eigenvalue weighted by molar-refractivity contribution is -0.0482. The largest absolute Gasteiger partial charge is 0.376 e. The van der Waals surface area contributed by atoms with Gasteiger partial charge in [-0.2, -0.15) is 0 Å². The van der Waals surface area contributed by atoms with Gasteiger partial charge in [-0.25, -0.2) is 4.39 Å². The van der Waals surface area contributed by atoms with Gasteiger partial charge in [-0.1, -0.05) is 32.9 Å². The van der Waals surface area contributed by atoms with Crippen molar-refractivity contribution in [2.24, 2.45) is 0 Å². The first kappa shape index (κ1) is 15.1. The second-order valence-corrected chi connectivity index (χ2v) is 4.52. The van der Waals surface area contributed by atoms with E-state index in [2.05, 4.69) is 26.1 Å². The summed E-state index contributed by atoms with van der Waals surface area (Å²) in [6.45, 7) is 7.09. The van der Waals surface area contributed by atoms with Gasteiger partial charge in [-0.3, -0.25) is 0 Å². The minimum Gasteiger partial charge on any atom is -0.376 e. The van der Waals surface area contributed by atoms with Gasteiger partial charge in [0.2, 0.25) is 0 Å². The van der Waals surface area contributed by atoms with E-state index >= 15 is 0 Å². The number of likely N-dealkylation sites (N-methyl/N-ethyl adjacent to an activating group) is 1. The molecule has 0 aliphatic rings. The molecule has 102 valence electrons. The normalized spacial score (nSPS) is 13.6. The molecular formula is C15H24FNO. The van der Waals surface area contributed by atoms with Crippen LogP contribution < -0.4 is 5.32 Å². The molecule has 0 heterocycles. The van der Waals surface area contributed by atoms with Gasteiger partial charge in [0.05, 0.1) is 11.6 Å². The summed E-state index contributed by atoms with van der Waals surface area (Å²) in [4.78, 5) is 0. The highest BCUT2D eigenvalue weighted by Crippen LogP contribution is 2.35. The molecule has 0 fully saturated rings. The zero-order chi connectivity index (χ0) is 13.6. The quantitative estimate of drug-likeness (QED) is 0.800. The molecule has 1 rings (SSSR count). The number of benzene rings is 1. The average Bonchev–Trinajstić information content (AvgIpc) is 2.40. The second-order valence-electron chi connectivity index (χ2n) is 4.52. The average molecular weight is 253 g/mol. The molecule has 1 N–H and O–H groups in total. The minimum absolute atomic E-state index is 0.0122. The maximum Gasteiger partial charge on any atom is 0.123 e. The summed E-state index contributed by atoms with van der Waals surface area (Å²) in [6.07, 6.45) is 1.77. The van der Waals surface area contributed by atoms with Gasteiger partial charge in [0.25, 0.3) is 0 Å². The van der Waals surface area contributed by atoms with Crippen LogP contribution in [0.1, 0.15) is 45.2 Å². The van der Waals surface area contributed by atoms with Crippen LogP contribution in [0.5, 0.6) is 0 Å². The number of ether oxygens (including phenoxy) is 1. The van der Waals surface area contributed by atoms with E-state index in [0.29, 0.717) is 0 Å². The lowest BCUT2D eigenvalue weighted by Crippen LogP contribution is -2.44. The maximum absolute atomic E-state index is 13.4. The second kappa shape index (κ2) is 6.86. The predicted molar refractivity (Wildman–Crippen MR) is 73.1 cm³/mol. The molecular weight excluding hydrogens is 229 g/mol. The molecule has 0 amide bonds. The number of nitrogens with one attached hydrogen (secondary N) is 1. The van der Waals surface area contributed by atoms with Crippen molar-refractivity contribution in [1.29, 1.82) is 0 Å². The lowest BCUT2D eigenvalue weighted by atomic mass is 9.83. The number of methoxy groups -OCH3 is 1. The Balaban J connectivity index is 3.15. The van der Waals surface area contributed by atoms with E-state index in [1.54, 1.807) is 19.2 Å². The standard InChI is InChI=1S/C15H24FNO/c1-5-15(6-2,18-4)14(17-7-3)12-9-8-10-13(16)11-12/h8-11,14,17H,5-7H2,1-4H3. The molecule has 0 aliphatic carbocycles. The summed E-state index contributed by atoms with van der Waals surface area (Å²) in [7, 11) is 1.73. The molecule has 0 aromatic heterocycles. The molecule has 0 saturated carbocycles. The van der Waals surface area contributed by atoms with Crippen molar-refractivity contribution in [3.63, 3.8) is 0 Å². The Morgan fingerprint density at radius 2 is 1.94 bits per heavy atom. The van der Waals surface area contributed by atoms with Gasteiger partial charge in [0, 0.05) is 7.11 Å². The highest BCUT2D eigenvalue weighted by atomic mass is 19.1. The molecule has 1 aromatic rings. The fourth-order valence-electron chi connectivity index (χ4n) is 2.56. The van der Waals surface area contributed by atoms with E-state index in [1.165, 1.54) is 6.07 Å².